The quantitative estimate of drug-likeness (QED) is 0.439. The van der Waals surface area contributed by atoms with E-state index in [1.54, 1.807) is 6.34 Å². The molecule has 0 aliphatic carbocycles. The Labute approximate surface area is 65.3 Å². The Kier molecular flexibility index (Phi) is 1.29. The second-order valence-electron chi connectivity index (χ2n) is 2.84. The molecule has 2 N–H and O–H groups in total. The molecule has 2 rings (SSSR count). The molecule has 0 amide bonds. The normalized spacial score (nSPS) is 40.5. The Morgan fingerprint density at radius 3 is 3.27 bits per heavy atom. The van der Waals surface area contributed by atoms with Gasteiger partial charge in [0.15, 0.2) is 0 Å². The molecule has 0 aromatic heterocycles. The molecule has 3 atom stereocenters. The molecule has 0 bridgehead atoms. The highest BCUT2D eigenvalue weighted by Crippen LogP contribution is 2.13. The van der Waals surface area contributed by atoms with E-state index in [0.29, 0.717) is 0 Å². The minimum atomic E-state index is 0.212. The average Bonchev–Trinajstić information content (AvgIpc) is 2.35. The van der Waals surface area contributed by atoms with Crippen molar-refractivity contribution in [1.82, 2.24) is 5.32 Å². The molecular formula is C7H11N4+. The van der Waals surface area contributed by atoms with Crippen LogP contribution in [0.15, 0.2) is 22.4 Å². The number of nitrogens with zero attached hydrogens (tertiary/aromatic N) is 2. The lowest BCUT2D eigenvalue weighted by Crippen LogP contribution is -3.07. The van der Waals surface area contributed by atoms with Crippen LogP contribution < -0.4 is 10.3 Å². The molecule has 2 aliphatic heterocycles. The van der Waals surface area contributed by atoms with Crippen LogP contribution >= 0.6 is 0 Å². The average molecular weight is 151 g/mol. The summed E-state index contributed by atoms with van der Waals surface area (Å²) in [6.07, 6.45) is 3.82. The van der Waals surface area contributed by atoms with Crippen LogP contribution in [-0.4, -0.2) is 25.8 Å². The first-order valence-corrected chi connectivity index (χ1v) is 3.63. The molecule has 11 heavy (non-hydrogen) atoms. The summed E-state index contributed by atoms with van der Waals surface area (Å²) in [5, 5.41) is 8.27. The van der Waals surface area contributed by atoms with Gasteiger partial charge in [-0.2, -0.15) is 5.01 Å². The number of fused-ring (bicyclic) bond motifs is 1. The first-order valence-electron chi connectivity index (χ1n) is 3.63. The smallest absolute Gasteiger partial charge is 0.219 e. The van der Waals surface area contributed by atoms with Crippen molar-refractivity contribution >= 4 is 12.6 Å². The van der Waals surface area contributed by atoms with Crippen LogP contribution in [0.25, 0.3) is 0 Å². The maximum atomic E-state index is 4.26. The Balaban J connectivity index is 2.29. The third-order valence-electron chi connectivity index (χ3n) is 2.09. The molecular weight excluding hydrogens is 140 g/mol. The SMILES string of the molecule is C=C1NC=NC2C1C=N[NH+]2C. The number of hydrogen-bond acceptors (Lipinski definition) is 3. The van der Waals surface area contributed by atoms with Gasteiger partial charge in [0.05, 0.1) is 19.6 Å². The fourth-order valence-corrected chi connectivity index (χ4v) is 1.39. The fourth-order valence-electron chi connectivity index (χ4n) is 1.39. The van der Waals surface area contributed by atoms with Crippen LogP contribution in [0.1, 0.15) is 0 Å². The highest BCUT2D eigenvalue weighted by Gasteiger charge is 2.36. The van der Waals surface area contributed by atoms with E-state index in [4.69, 9.17) is 0 Å². The van der Waals surface area contributed by atoms with Gasteiger partial charge in [-0.25, -0.2) is 4.99 Å². The maximum absolute atomic E-state index is 4.26. The predicted octanol–water partition coefficient (Wildman–Crippen LogP) is -1.41. The number of hydrogen-bond donors (Lipinski definition) is 2. The zero-order chi connectivity index (χ0) is 7.84. The van der Waals surface area contributed by atoms with Gasteiger partial charge in [0, 0.05) is 5.70 Å². The molecule has 0 saturated carbocycles. The van der Waals surface area contributed by atoms with E-state index in [9.17, 15) is 0 Å². The highest BCUT2D eigenvalue weighted by molar-refractivity contribution is 5.71. The largest absolute Gasteiger partial charge is 0.350 e. The van der Waals surface area contributed by atoms with E-state index in [1.165, 1.54) is 0 Å². The summed E-state index contributed by atoms with van der Waals surface area (Å²) in [5.74, 6) is 0.278. The van der Waals surface area contributed by atoms with E-state index in [2.05, 4.69) is 22.0 Å². The van der Waals surface area contributed by atoms with Gasteiger partial charge >= 0.3 is 0 Å². The molecule has 0 saturated heterocycles. The topological polar surface area (TPSA) is 41.2 Å². The summed E-state index contributed by atoms with van der Waals surface area (Å²) in [6, 6.07) is 0. The molecule has 0 aromatic rings. The summed E-state index contributed by atoms with van der Waals surface area (Å²) in [4.78, 5) is 4.26. The van der Waals surface area contributed by atoms with Crippen molar-refractivity contribution in [2.24, 2.45) is 16.0 Å². The lowest BCUT2D eigenvalue weighted by Gasteiger charge is -2.20. The molecule has 4 nitrogen and oxygen atoms in total. The van der Waals surface area contributed by atoms with E-state index in [0.717, 1.165) is 10.7 Å². The minimum Gasteiger partial charge on any atom is -0.350 e. The van der Waals surface area contributed by atoms with Crippen LogP contribution in [0.3, 0.4) is 0 Å². The van der Waals surface area contributed by atoms with E-state index < -0.39 is 0 Å². The number of rotatable bonds is 0. The van der Waals surface area contributed by atoms with Gasteiger partial charge in [0.2, 0.25) is 6.17 Å². The first kappa shape index (κ1) is 6.54. The fraction of sp³-hybridized carbons (Fsp3) is 0.429. The number of aliphatic imine (C=N–C) groups is 1. The monoisotopic (exact) mass is 151 g/mol. The highest BCUT2D eigenvalue weighted by atomic mass is 15.5. The van der Waals surface area contributed by atoms with Crippen LogP contribution in [-0.2, 0) is 0 Å². The first-order chi connectivity index (χ1) is 5.29. The van der Waals surface area contributed by atoms with Gasteiger partial charge < -0.3 is 5.32 Å². The Morgan fingerprint density at radius 2 is 2.55 bits per heavy atom. The van der Waals surface area contributed by atoms with Crippen molar-refractivity contribution in [3.05, 3.63) is 12.3 Å². The Morgan fingerprint density at radius 1 is 1.73 bits per heavy atom. The zero-order valence-corrected chi connectivity index (χ0v) is 6.41. The molecule has 2 aliphatic rings. The second-order valence-corrected chi connectivity index (χ2v) is 2.84. The molecule has 0 fully saturated rings. The van der Waals surface area contributed by atoms with Gasteiger partial charge in [-0.1, -0.05) is 11.7 Å². The van der Waals surface area contributed by atoms with Gasteiger partial charge in [-0.3, -0.25) is 0 Å². The van der Waals surface area contributed by atoms with E-state index >= 15 is 0 Å². The molecule has 0 radical (unpaired) electrons. The van der Waals surface area contributed by atoms with Gasteiger partial charge in [0.1, 0.15) is 5.92 Å². The lowest BCUT2D eigenvalue weighted by atomic mass is 10.0. The van der Waals surface area contributed by atoms with Crippen molar-refractivity contribution in [3.63, 3.8) is 0 Å². The van der Waals surface area contributed by atoms with Crippen molar-refractivity contribution in [1.29, 1.82) is 0 Å². The van der Waals surface area contributed by atoms with Crippen LogP contribution in [0.4, 0.5) is 0 Å². The second kappa shape index (κ2) is 2.17. The van der Waals surface area contributed by atoms with Crippen molar-refractivity contribution < 1.29 is 5.01 Å². The van der Waals surface area contributed by atoms with Crippen molar-refractivity contribution in [3.8, 4) is 0 Å². The molecule has 0 aromatic carbocycles. The summed E-state index contributed by atoms with van der Waals surface area (Å²) >= 11 is 0. The maximum Gasteiger partial charge on any atom is 0.219 e. The molecule has 0 spiro atoms. The van der Waals surface area contributed by atoms with Crippen LogP contribution in [0.5, 0.6) is 0 Å². The zero-order valence-electron chi connectivity index (χ0n) is 6.41. The standard InChI is InChI=1S/C7H10N4/c1-5-6-3-10-11(2)7(6)9-4-8-5/h3-4,6-7H,1H2,2H3,(H,8,9)/p+1. The number of nitrogens with one attached hydrogen (secondary N) is 2. The van der Waals surface area contributed by atoms with E-state index in [-0.39, 0.29) is 12.1 Å². The van der Waals surface area contributed by atoms with E-state index in [1.807, 2.05) is 13.3 Å². The van der Waals surface area contributed by atoms with Crippen LogP contribution in [0.2, 0.25) is 0 Å². The number of quaternary nitrogens is 1. The summed E-state index contributed by atoms with van der Waals surface area (Å²) in [5.41, 5.74) is 0.991. The van der Waals surface area contributed by atoms with Crippen LogP contribution in [0, 0.1) is 5.92 Å². The third kappa shape index (κ3) is 0.867. The molecule has 58 valence electrons. The van der Waals surface area contributed by atoms with Crippen molar-refractivity contribution in [2.45, 2.75) is 6.17 Å². The third-order valence-corrected chi connectivity index (χ3v) is 2.09. The van der Waals surface area contributed by atoms with Gasteiger partial charge in [0.25, 0.3) is 0 Å². The molecule has 3 unspecified atom stereocenters. The van der Waals surface area contributed by atoms with Gasteiger partial charge in [-0.05, 0) is 0 Å². The summed E-state index contributed by atoms with van der Waals surface area (Å²) in [6.45, 7) is 3.88. The minimum absolute atomic E-state index is 0.212. The molecule has 2 heterocycles. The van der Waals surface area contributed by atoms with Crippen molar-refractivity contribution in [2.75, 3.05) is 7.05 Å². The predicted molar refractivity (Wildman–Crippen MR) is 43.4 cm³/mol. The Hall–Kier alpha value is -1.16. The summed E-state index contributed by atoms with van der Waals surface area (Å²) < 4.78 is 0. The van der Waals surface area contributed by atoms with Gasteiger partial charge in [-0.15, -0.1) is 0 Å². The lowest BCUT2D eigenvalue weighted by molar-refractivity contribution is -0.907. The Bertz CT molecular complexity index is 243. The molecule has 4 heteroatoms. The summed E-state index contributed by atoms with van der Waals surface area (Å²) in [7, 11) is 2.00.